The summed E-state index contributed by atoms with van der Waals surface area (Å²) < 4.78 is 0. The number of aromatic nitrogens is 1. The van der Waals surface area contributed by atoms with Gasteiger partial charge in [0.1, 0.15) is 0 Å². The van der Waals surface area contributed by atoms with E-state index in [1.807, 2.05) is 0 Å². The maximum absolute atomic E-state index is 3.43. The minimum atomic E-state index is 0.747. The van der Waals surface area contributed by atoms with Crippen molar-refractivity contribution in [1.82, 2.24) is 14.8 Å². The third kappa shape index (κ3) is 2.92. The van der Waals surface area contributed by atoms with Crippen LogP contribution in [-0.2, 0) is 6.54 Å². The van der Waals surface area contributed by atoms with Gasteiger partial charge in [-0.25, -0.2) is 0 Å². The highest BCUT2D eigenvalue weighted by Gasteiger charge is 2.26. The predicted octanol–water partition coefficient (Wildman–Crippen LogP) is 3.62. The zero-order valence-corrected chi connectivity index (χ0v) is 13.4. The van der Waals surface area contributed by atoms with E-state index >= 15 is 0 Å². The van der Waals surface area contributed by atoms with Gasteiger partial charge in [0.15, 0.2) is 0 Å². The second kappa shape index (κ2) is 6.43. The fourth-order valence-electron chi connectivity index (χ4n) is 4.24. The van der Waals surface area contributed by atoms with E-state index in [1.165, 1.54) is 74.7 Å². The summed E-state index contributed by atoms with van der Waals surface area (Å²) >= 11 is 0. The second-order valence-corrected chi connectivity index (χ2v) is 6.99. The summed E-state index contributed by atoms with van der Waals surface area (Å²) in [6.45, 7) is 6.26. The Hall–Kier alpha value is -1.32. The molecule has 1 aromatic carbocycles. The molecule has 2 aliphatic heterocycles. The molecule has 118 valence electrons. The lowest BCUT2D eigenvalue weighted by Crippen LogP contribution is -2.45. The molecule has 0 unspecified atom stereocenters. The Morgan fingerprint density at radius 1 is 1.00 bits per heavy atom. The molecule has 0 aliphatic carbocycles. The summed E-state index contributed by atoms with van der Waals surface area (Å²) in [6.07, 6.45) is 8.99. The highest BCUT2D eigenvalue weighted by atomic mass is 15.2. The third-order valence-electron chi connectivity index (χ3n) is 5.46. The molecular weight excluding hydrogens is 270 g/mol. The summed E-state index contributed by atoms with van der Waals surface area (Å²) in [4.78, 5) is 8.84. The van der Waals surface area contributed by atoms with E-state index in [2.05, 4.69) is 45.2 Å². The van der Waals surface area contributed by atoms with Gasteiger partial charge in [-0.15, -0.1) is 0 Å². The van der Waals surface area contributed by atoms with Crippen molar-refractivity contribution in [3.63, 3.8) is 0 Å². The van der Waals surface area contributed by atoms with Crippen LogP contribution in [0, 0.1) is 0 Å². The first-order chi connectivity index (χ1) is 10.9. The number of benzene rings is 1. The number of H-pyrrole nitrogens is 1. The van der Waals surface area contributed by atoms with Gasteiger partial charge in [-0.3, -0.25) is 4.90 Å². The largest absolute Gasteiger partial charge is 0.361 e. The summed E-state index contributed by atoms with van der Waals surface area (Å²) in [5.41, 5.74) is 2.78. The van der Waals surface area contributed by atoms with Gasteiger partial charge in [0, 0.05) is 30.8 Å². The second-order valence-electron chi connectivity index (χ2n) is 6.99. The van der Waals surface area contributed by atoms with Crippen molar-refractivity contribution in [1.29, 1.82) is 0 Å². The first kappa shape index (κ1) is 14.3. The normalized spacial score (nSPS) is 24.3. The zero-order chi connectivity index (χ0) is 14.8. The Bertz CT molecular complexity index is 612. The molecule has 0 bridgehead atoms. The number of nitrogens with zero attached hydrogens (tertiary/aromatic N) is 2. The average molecular weight is 297 g/mol. The Labute approximate surface area is 133 Å². The molecule has 0 spiro atoms. The van der Waals surface area contributed by atoms with Gasteiger partial charge in [-0.05, 0) is 62.3 Å². The van der Waals surface area contributed by atoms with E-state index in [0.29, 0.717) is 0 Å². The molecule has 3 nitrogen and oxygen atoms in total. The van der Waals surface area contributed by atoms with Crippen molar-refractivity contribution >= 4 is 10.9 Å². The molecule has 0 amide bonds. The number of hydrogen-bond acceptors (Lipinski definition) is 2. The standard InChI is InChI=1S/C19H27N3/c1-2-13-22(18(8-1)15-21-11-3-4-12-21)14-17-7-5-6-16-9-10-20-19(16)17/h5-7,9-10,18,20H,1-4,8,11-15H2/t18-/m1/s1. The third-order valence-corrected chi connectivity index (χ3v) is 5.46. The molecule has 1 atom stereocenters. The average Bonchev–Trinajstić information content (AvgIpc) is 3.21. The minimum absolute atomic E-state index is 0.747. The van der Waals surface area contributed by atoms with E-state index in [4.69, 9.17) is 0 Å². The fourth-order valence-corrected chi connectivity index (χ4v) is 4.24. The number of piperidine rings is 1. The van der Waals surface area contributed by atoms with Crippen LogP contribution < -0.4 is 0 Å². The van der Waals surface area contributed by atoms with Crippen LogP contribution in [0.15, 0.2) is 30.5 Å². The van der Waals surface area contributed by atoms with Gasteiger partial charge in [-0.1, -0.05) is 24.6 Å². The van der Waals surface area contributed by atoms with Crippen molar-refractivity contribution in [2.45, 2.75) is 44.7 Å². The molecule has 0 saturated carbocycles. The molecular formula is C19H27N3. The minimum Gasteiger partial charge on any atom is -0.361 e. The summed E-state index contributed by atoms with van der Waals surface area (Å²) in [7, 11) is 0. The van der Waals surface area contributed by atoms with E-state index in [0.717, 1.165) is 12.6 Å². The molecule has 2 fully saturated rings. The number of aromatic amines is 1. The van der Waals surface area contributed by atoms with Crippen LogP contribution in [0.25, 0.3) is 10.9 Å². The van der Waals surface area contributed by atoms with Crippen LogP contribution in [0.2, 0.25) is 0 Å². The zero-order valence-electron chi connectivity index (χ0n) is 13.4. The summed E-state index contributed by atoms with van der Waals surface area (Å²) in [5, 5.41) is 1.34. The predicted molar refractivity (Wildman–Crippen MR) is 92.0 cm³/mol. The van der Waals surface area contributed by atoms with Crippen LogP contribution in [0.1, 0.15) is 37.7 Å². The number of fused-ring (bicyclic) bond motifs is 1. The summed E-state index contributed by atoms with van der Waals surface area (Å²) in [5.74, 6) is 0. The molecule has 3 heterocycles. The van der Waals surface area contributed by atoms with Gasteiger partial charge in [0.2, 0.25) is 0 Å². The molecule has 22 heavy (non-hydrogen) atoms. The fraction of sp³-hybridized carbons (Fsp3) is 0.579. The van der Waals surface area contributed by atoms with Crippen LogP contribution in [0.5, 0.6) is 0 Å². The monoisotopic (exact) mass is 297 g/mol. The highest BCUT2D eigenvalue weighted by molar-refractivity contribution is 5.82. The first-order valence-corrected chi connectivity index (χ1v) is 8.91. The lowest BCUT2D eigenvalue weighted by molar-refractivity contribution is 0.107. The Morgan fingerprint density at radius 2 is 1.86 bits per heavy atom. The van der Waals surface area contributed by atoms with Crippen molar-refractivity contribution < 1.29 is 0 Å². The van der Waals surface area contributed by atoms with Gasteiger partial charge in [0.05, 0.1) is 0 Å². The molecule has 1 N–H and O–H groups in total. The van der Waals surface area contributed by atoms with Gasteiger partial charge >= 0.3 is 0 Å². The van der Waals surface area contributed by atoms with Crippen LogP contribution in [0.4, 0.5) is 0 Å². The Kier molecular flexibility index (Phi) is 4.17. The van der Waals surface area contributed by atoms with E-state index in [-0.39, 0.29) is 0 Å². The summed E-state index contributed by atoms with van der Waals surface area (Å²) in [6, 6.07) is 9.62. The number of likely N-dealkylation sites (tertiary alicyclic amines) is 2. The van der Waals surface area contributed by atoms with Gasteiger partial charge in [0.25, 0.3) is 0 Å². The SMILES string of the molecule is c1cc(CN2CCCC[C@@H]2CN2CCCC2)c2[nH]ccc2c1. The molecule has 2 aliphatic rings. The van der Waals surface area contributed by atoms with E-state index in [1.54, 1.807) is 0 Å². The van der Waals surface area contributed by atoms with Gasteiger partial charge < -0.3 is 9.88 Å². The Balaban J connectivity index is 1.50. The van der Waals surface area contributed by atoms with Crippen molar-refractivity contribution in [2.24, 2.45) is 0 Å². The number of rotatable bonds is 4. The highest BCUT2D eigenvalue weighted by Crippen LogP contribution is 2.24. The maximum Gasteiger partial charge on any atom is 0.0499 e. The van der Waals surface area contributed by atoms with Gasteiger partial charge in [-0.2, -0.15) is 0 Å². The lowest BCUT2D eigenvalue weighted by Gasteiger charge is -2.38. The van der Waals surface area contributed by atoms with E-state index in [9.17, 15) is 0 Å². The maximum atomic E-state index is 3.43. The quantitative estimate of drug-likeness (QED) is 0.931. The van der Waals surface area contributed by atoms with Crippen LogP contribution in [0.3, 0.4) is 0 Å². The van der Waals surface area contributed by atoms with Crippen LogP contribution >= 0.6 is 0 Å². The lowest BCUT2D eigenvalue weighted by atomic mass is 10.00. The topological polar surface area (TPSA) is 22.3 Å². The van der Waals surface area contributed by atoms with Crippen molar-refractivity contribution in [3.05, 3.63) is 36.0 Å². The number of nitrogens with one attached hydrogen (secondary N) is 1. The molecule has 4 rings (SSSR count). The smallest absolute Gasteiger partial charge is 0.0499 e. The molecule has 2 aromatic rings. The van der Waals surface area contributed by atoms with Crippen molar-refractivity contribution in [2.75, 3.05) is 26.2 Å². The Morgan fingerprint density at radius 3 is 2.77 bits per heavy atom. The van der Waals surface area contributed by atoms with Crippen LogP contribution in [-0.4, -0.2) is 47.0 Å². The number of para-hydroxylation sites is 1. The molecule has 1 aromatic heterocycles. The molecule has 2 saturated heterocycles. The number of hydrogen-bond donors (Lipinski definition) is 1. The molecule has 0 radical (unpaired) electrons. The first-order valence-electron chi connectivity index (χ1n) is 8.91. The van der Waals surface area contributed by atoms with E-state index < -0.39 is 0 Å². The van der Waals surface area contributed by atoms with Crippen molar-refractivity contribution in [3.8, 4) is 0 Å². The molecule has 3 heteroatoms.